The number of aromatic nitrogens is 2. The van der Waals surface area contributed by atoms with Crippen LogP contribution in [0.5, 0.6) is 17.2 Å². The van der Waals surface area contributed by atoms with Gasteiger partial charge in [-0.2, -0.15) is 5.10 Å². The average Bonchev–Trinajstić information content (AvgIpc) is 3.19. The second-order valence-electron chi connectivity index (χ2n) is 7.26. The number of methoxy groups -OCH3 is 1. The lowest BCUT2D eigenvalue weighted by atomic mass is 9.87. The Bertz CT molecular complexity index is 919. The Morgan fingerprint density at radius 1 is 1.33 bits per heavy atom. The fourth-order valence-electron chi connectivity index (χ4n) is 4.24. The molecule has 0 N–H and O–H groups in total. The van der Waals surface area contributed by atoms with Crippen LogP contribution in [-0.4, -0.2) is 48.0 Å². The highest BCUT2D eigenvalue weighted by molar-refractivity contribution is 5.98. The Kier molecular flexibility index (Phi) is 4.34. The summed E-state index contributed by atoms with van der Waals surface area (Å²) in [4.78, 5) is 15.4. The van der Waals surface area contributed by atoms with Gasteiger partial charge in [0.1, 0.15) is 0 Å². The highest BCUT2D eigenvalue weighted by atomic mass is 16.7. The van der Waals surface area contributed by atoms with E-state index in [0.717, 1.165) is 46.8 Å². The summed E-state index contributed by atoms with van der Waals surface area (Å²) in [7, 11) is 5.55. The standard InChI is InChI=1S/C20H25N3O4/c1-11-17(12(2)23(4)21-11)15(24)9-14-18-13(6-7-22(14)3)8-16-19(20(18)25-5)27-10-26-16/h8,14H,6-7,9-10H2,1-5H3/t14-/m1/s1. The molecule has 144 valence electrons. The molecule has 0 spiro atoms. The van der Waals surface area contributed by atoms with E-state index in [1.54, 1.807) is 11.8 Å². The molecule has 2 aliphatic heterocycles. The van der Waals surface area contributed by atoms with E-state index in [9.17, 15) is 4.79 Å². The predicted molar refractivity (Wildman–Crippen MR) is 99.8 cm³/mol. The Labute approximate surface area is 158 Å². The van der Waals surface area contributed by atoms with Gasteiger partial charge < -0.3 is 14.2 Å². The van der Waals surface area contributed by atoms with Gasteiger partial charge in [-0.05, 0) is 38.9 Å². The van der Waals surface area contributed by atoms with Gasteiger partial charge in [0, 0.05) is 37.3 Å². The Morgan fingerprint density at radius 3 is 2.78 bits per heavy atom. The summed E-state index contributed by atoms with van der Waals surface area (Å²) in [5.74, 6) is 2.14. The van der Waals surface area contributed by atoms with Crippen molar-refractivity contribution in [3.8, 4) is 17.2 Å². The van der Waals surface area contributed by atoms with Gasteiger partial charge in [-0.15, -0.1) is 0 Å². The van der Waals surface area contributed by atoms with Crippen molar-refractivity contribution in [3.63, 3.8) is 0 Å². The summed E-state index contributed by atoms with van der Waals surface area (Å²) < 4.78 is 18.7. The van der Waals surface area contributed by atoms with Crippen molar-refractivity contribution in [1.82, 2.24) is 14.7 Å². The number of ether oxygens (including phenoxy) is 3. The second kappa shape index (κ2) is 6.56. The van der Waals surface area contributed by atoms with E-state index >= 15 is 0 Å². The van der Waals surface area contributed by atoms with Crippen molar-refractivity contribution in [2.24, 2.45) is 7.05 Å². The van der Waals surface area contributed by atoms with E-state index in [2.05, 4.69) is 10.00 Å². The third-order valence-corrected chi connectivity index (χ3v) is 5.71. The van der Waals surface area contributed by atoms with Gasteiger partial charge >= 0.3 is 0 Å². The molecule has 0 saturated heterocycles. The minimum atomic E-state index is -0.0790. The molecule has 0 saturated carbocycles. The summed E-state index contributed by atoms with van der Waals surface area (Å²) in [6, 6.07) is 1.95. The summed E-state index contributed by atoms with van der Waals surface area (Å²) >= 11 is 0. The molecule has 0 amide bonds. The van der Waals surface area contributed by atoms with Gasteiger partial charge in [-0.25, -0.2) is 0 Å². The SMILES string of the molecule is COc1c2c(cc3c1[C@@H](CC(=O)c1c(C)nn(C)c1C)N(C)CC3)OCO2. The molecular formula is C20H25N3O4. The molecule has 1 aromatic carbocycles. The molecule has 7 nitrogen and oxygen atoms in total. The molecule has 7 heteroatoms. The zero-order valence-corrected chi connectivity index (χ0v) is 16.5. The highest BCUT2D eigenvalue weighted by Gasteiger charge is 2.35. The zero-order valence-electron chi connectivity index (χ0n) is 16.5. The number of nitrogens with zero attached hydrogens (tertiary/aromatic N) is 3. The van der Waals surface area contributed by atoms with Crippen LogP contribution in [0.25, 0.3) is 0 Å². The third kappa shape index (κ3) is 2.77. The maximum atomic E-state index is 13.2. The van der Waals surface area contributed by atoms with Gasteiger partial charge in [0.25, 0.3) is 0 Å². The third-order valence-electron chi connectivity index (χ3n) is 5.71. The minimum Gasteiger partial charge on any atom is -0.492 e. The number of Topliss-reactive ketones (excluding diaryl/α,β-unsaturated/α-hetero) is 1. The van der Waals surface area contributed by atoms with Crippen LogP contribution in [0.1, 0.15) is 45.3 Å². The van der Waals surface area contributed by atoms with Crippen LogP contribution in [0.15, 0.2) is 6.07 Å². The van der Waals surface area contributed by atoms with Crippen LogP contribution in [0.4, 0.5) is 0 Å². The number of carbonyl (C=O) groups is 1. The number of hydrogen-bond donors (Lipinski definition) is 0. The van der Waals surface area contributed by atoms with E-state index in [1.807, 2.05) is 34.0 Å². The van der Waals surface area contributed by atoms with Gasteiger partial charge in [0.2, 0.25) is 12.5 Å². The molecule has 0 aliphatic carbocycles. The molecule has 0 radical (unpaired) electrons. The minimum absolute atomic E-state index is 0.0790. The van der Waals surface area contributed by atoms with E-state index in [4.69, 9.17) is 14.2 Å². The average molecular weight is 371 g/mol. The van der Waals surface area contributed by atoms with Crippen LogP contribution in [-0.2, 0) is 13.5 Å². The number of carbonyl (C=O) groups excluding carboxylic acids is 1. The number of fused-ring (bicyclic) bond motifs is 2. The van der Waals surface area contributed by atoms with Crippen molar-refractivity contribution >= 4 is 5.78 Å². The molecule has 2 aromatic rings. The van der Waals surface area contributed by atoms with Crippen molar-refractivity contribution in [3.05, 3.63) is 34.1 Å². The topological polar surface area (TPSA) is 65.8 Å². The van der Waals surface area contributed by atoms with Crippen LogP contribution >= 0.6 is 0 Å². The lowest BCUT2D eigenvalue weighted by Gasteiger charge is -2.35. The number of hydrogen-bond acceptors (Lipinski definition) is 6. The van der Waals surface area contributed by atoms with Gasteiger partial charge in [0.15, 0.2) is 17.3 Å². The van der Waals surface area contributed by atoms with Gasteiger partial charge in [0.05, 0.1) is 18.4 Å². The quantitative estimate of drug-likeness (QED) is 0.770. The molecule has 1 aromatic heterocycles. The molecule has 4 rings (SSSR count). The van der Waals surface area contributed by atoms with E-state index in [-0.39, 0.29) is 18.6 Å². The maximum absolute atomic E-state index is 13.2. The summed E-state index contributed by atoms with van der Waals surface area (Å²) in [5, 5.41) is 4.39. The first-order valence-corrected chi connectivity index (χ1v) is 9.15. The number of ketones is 1. The molecule has 3 heterocycles. The number of rotatable bonds is 4. The summed E-state index contributed by atoms with van der Waals surface area (Å²) in [6.45, 7) is 4.89. The van der Waals surface area contributed by atoms with Crippen molar-refractivity contribution in [2.75, 3.05) is 27.5 Å². The molecule has 2 aliphatic rings. The first-order valence-electron chi connectivity index (χ1n) is 9.15. The van der Waals surface area contributed by atoms with Gasteiger partial charge in [-0.1, -0.05) is 0 Å². The monoisotopic (exact) mass is 371 g/mol. The van der Waals surface area contributed by atoms with Crippen molar-refractivity contribution in [1.29, 1.82) is 0 Å². The fourth-order valence-corrected chi connectivity index (χ4v) is 4.24. The Morgan fingerprint density at radius 2 is 2.11 bits per heavy atom. The molecular weight excluding hydrogens is 346 g/mol. The summed E-state index contributed by atoms with van der Waals surface area (Å²) in [5.41, 5.74) is 4.58. The number of aryl methyl sites for hydroxylation is 2. The molecule has 0 bridgehead atoms. The van der Waals surface area contributed by atoms with E-state index in [1.165, 1.54) is 0 Å². The predicted octanol–water partition coefficient (Wildman–Crippen LogP) is 2.58. The smallest absolute Gasteiger partial charge is 0.231 e. The highest BCUT2D eigenvalue weighted by Crippen LogP contribution is 2.50. The zero-order chi connectivity index (χ0) is 19.3. The molecule has 0 fully saturated rings. The lowest BCUT2D eigenvalue weighted by molar-refractivity contribution is 0.0924. The Hall–Kier alpha value is -2.54. The van der Waals surface area contributed by atoms with Crippen molar-refractivity contribution in [2.45, 2.75) is 32.7 Å². The first-order chi connectivity index (χ1) is 12.9. The van der Waals surface area contributed by atoms with Crippen LogP contribution in [0.2, 0.25) is 0 Å². The van der Waals surface area contributed by atoms with Gasteiger partial charge in [-0.3, -0.25) is 14.4 Å². The maximum Gasteiger partial charge on any atom is 0.231 e. The van der Waals surface area contributed by atoms with Crippen LogP contribution in [0.3, 0.4) is 0 Å². The Balaban J connectivity index is 1.75. The van der Waals surface area contributed by atoms with E-state index < -0.39 is 0 Å². The van der Waals surface area contributed by atoms with Crippen LogP contribution in [0, 0.1) is 13.8 Å². The molecule has 1 atom stereocenters. The number of likely N-dealkylation sites (N-methyl/N-ethyl adjacent to an activating group) is 1. The van der Waals surface area contributed by atoms with Crippen molar-refractivity contribution < 1.29 is 19.0 Å². The molecule has 0 unspecified atom stereocenters. The normalized spacial score (nSPS) is 18.5. The lowest BCUT2D eigenvalue weighted by Crippen LogP contribution is -2.34. The largest absolute Gasteiger partial charge is 0.492 e. The van der Waals surface area contributed by atoms with Crippen LogP contribution < -0.4 is 14.2 Å². The fraction of sp³-hybridized carbons (Fsp3) is 0.500. The molecule has 27 heavy (non-hydrogen) atoms. The first kappa shape index (κ1) is 17.9. The van der Waals surface area contributed by atoms with E-state index in [0.29, 0.717) is 17.9 Å². The number of benzene rings is 1. The second-order valence-corrected chi connectivity index (χ2v) is 7.26. The summed E-state index contributed by atoms with van der Waals surface area (Å²) in [6.07, 6.45) is 1.25.